The molecule has 2 aliphatic rings. The zero-order valence-electron chi connectivity index (χ0n) is 14.7. The Morgan fingerprint density at radius 1 is 1.25 bits per heavy atom. The van der Waals surface area contributed by atoms with Crippen LogP contribution in [0.3, 0.4) is 0 Å². The van der Waals surface area contributed by atoms with E-state index in [0.29, 0.717) is 6.54 Å². The van der Waals surface area contributed by atoms with Crippen LogP contribution in [0.25, 0.3) is 0 Å². The van der Waals surface area contributed by atoms with Crippen LogP contribution in [0.4, 0.5) is 5.69 Å². The minimum absolute atomic E-state index is 0.0539. The molecule has 5 heteroatoms. The van der Waals surface area contributed by atoms with Crippen LogP contribution in [0.1, 0.15) is 37.3 Å². The number of hydrogen-bond acceptors (Lipinski definition) is 3. The maximum absolute atomic E-state index is 12.8. The fourth-order valence-corrected chi connectivity index (χ4v) is 3.84. The molecule has 1 aromatic rings. The quantitative estimate of drug-likeness (QED) is 0.903. The van der Waals surface area contributed by atoms with Gasteiger partial charge in [0, 0.05) is 12.2 Å². The summed E-state index contributed by atoms with van der Waals surface area (Å²) in [6, 6.07) is 5.91. The molecule has 2 aliphatic heterocycles. The number of carbonyl (C=O) groups excluding carboxylic acids is 2. The van der Waals surface area contributed by atoms with Gasteiger partial charge in [0.1, 0.15) is 0 Å². The number of carbonyl (C=O) groups is 2. The van der Waals surface area contributed by atoms with E-state index in [1.54, 1.807) is 4.90 Å². The second-order valence-corrected chi connectivity index (χ2v) is 6.88. The Kier molecular flexibility index (Phi) is 4.90. The Morgan fingerprint density at radius 3 is 2.50 bits per heavy atom. The molecule has 0 spiro atoms. The van der Waals surface area contributed by atoms with Gasteiger partial charge in [-0.3, -0.25) is 9.59 Å². The highest BCUT2D eigenvalue weighted by Gasteiger charge is 2.45. The first kappa shape index (κ1) is 17.0. The van der Waals surface area contributed by atoms with Crippen molar-refractivity contribution in [2.45, 2.75) is 52.2 Å². The summed E-state index contributed by atoms with van der Waals surface area (Å²) < 4.78 is 5.78. The van der Waals surface area contributed by atoms with Crippen molar-refractivity contribution in [1.29, 1.82) is 0 Å². The van der Waals surface area contributed by atoms with Crippen molar-refractivity contribution in [3.63, 3.8) is 0 Å². The van der Waals surface area contributed by atoms with Crippen molar-refractivity contribution in [2.75, 3.05) is 18.4 Å². The van der Waals surface area contributed by atoms with Gasteiger partial charge in [0.05, 0.1) is 24.7 Å². The highest BCUT2D eigenvalue weighted by atomic mass is 16.5. The van der Waals surface area contributed by atoms with Gasteiger partial charge in [-0.05, 0) is 51.2 Å². The molecule has 2 saturated heterocycles. The third kappa shape index (κ3) is 3.31. The minimum Gasteiger partial charge on any atom is -0.374 e. The maximum atomic E-state index is 12.8. The summed E-state index contributed by atoms with van der Waals surface area (Å²) in [7, 11) is 0. The number of ether oxygens (including phenoxy) is 1. The molecule has 0 radical (unpaired) electrons. The fraction of sp³-hybridized carbons (Fsp3) is 0.579. The molecule has 1 aromatic carbocycles. The first-order valence-corrected chi connectivity index (χ1v) is 8.80. The molecule has 24 heavy (non-hydrogen) atoms. The topological polar surface area (TPSA) is 58.6 Å². The Hall–Kier alpha value is -1.88. The van der Waals surface area contributed by atoms with Crippen molar-refractivity contribution < 1.29 is 14.3 Å². The van der Waals surface area contributed by atoms with E-state index in [1.807, 2.05) is 39.0 Å². The molecule has 0 saturated carbocycles. The first-order chi connectivity index (χ1) is 11.5. The van der Waals surface area contributed by atoms with E-state index < -0.39 is 0 Å². The normalized spacial score (nSPS) is 24.9. The summed E-state index contributed by atoms with van der Waals surface area (Å²) in [5, 5.41) is 2.96. The zero-order chi connectivity index (χ0) is 17.3. The molecule has 2 heterocycles. The van der Waals surface area contributed by atoms with Crippen LogP contribution in [-0.4, -0.2) is 42.0 Å². The van der Waals surface area contributed by atoms with Crippen LogP contribution in [-0.2, 0) is 14.3 Å². The number of anilines is 1. The van der Waals surface area contributed by atoms with E-state index in [1.165, 1.54) is 0 Å². The largest absolute Gasteiger partial charge is 0.374 e. The fourth-order valence-electron chi connectivity index (χ4n) is 3.84. The minimum atomic E-state index is -0.147. The van der Waals surface area contributed by atoms with E-state index >= 15 is 0 Å². The third-order valence-corrected chi connectivity index (χ3v) is 5.20. The Morgan fingerprint density at radius 2 is 1.96 bits per heavy atom. The predicted molar refractivity (Wildman–Crippen MR) is 92.8 cm³/mol. The van der Waals surface area contributed by atoms with Gasteiger partial charge in [0.2, 0.25) is 11.8 Å². The molecule has 0 aromatic heterocycles. The summed E-state index contributed by atoms with van der Waals surface area (Å²) in [6.45, 7) is 6.48. The summed E-state index contributed by atoms with van der Waals surface area (Å²) in [4.78, 5) is 26.8. The Bertz CT molecular complexity index is 623. The molecular weight excluding hydrogens is 304 g/mol. The number of amides is 2. The van der Waals surface area contributed by atoms with Gasteiger partial charge >= 0.3 is 0 Å². The lowest BCUT2D eigenvalue weighted by molar-refractivity contribution is -0.139. The second-order valence-electron chi connectivity index (χ2n) is 6.88. The summed E-state index contributed by atoms with van der Waals surface area (Å²) in [6.07, 6.45) is 3.13. The number of nitrogens with zero attached hydrogens (tertiary/aromatic N) is 1. The van der Waals surface area contributed by atoms with Crippen molar-refractivity contribution in [3.8, 4) is 0 Å². The van der Waals surface area contributed by atoms with E-state index in [2.05, 4.69) is 5.32 Å². The van der Waals surface area contributed by atoms with Gasteiger partial charge in [-0.15, -0.1) is 0 Å². The number of para-hydroxylation sites is 1. The lowest BCUT2D eigenvalue weighted by Gasteiger charge is -2.27. The molecule has 2 amide bonds. The molecule has 0 aliphatic carbocycles. The first-order valence-electron chi connectivity index (χ1n) is 8.80. The average molecular weight is 330 g/mol. The number of aryl methyl sites for hydroxylation is 2. The van der Waals surface area contributed by atoms with Crippen LogP contribution in [0.2, 0.25) is 0 Å². The maximum Gasteiger partial charge on any atom is 0.244 e. The van der Waals surface area contributed by atoms with Crippen LogP contribution >= 0.6 is 0 Å². The highest BCUT2D eigenvalue weighted by Crippen LogP contribution is 2.39. The number of fused-ring (bicyclic) bond motifs is 2. The van der Waals surface area contributed by atoms with Gasteiger partial charge in [-0.2, -0.15) is 0 Å². The molecule has 0 unspecified atom stereocenters. The average Bonchev–Trinajstić information content (AvgIpc) is 3.18. The second kappa shape index (κ2) is 6.93. The van der Waals surface area contributed by atoms with Gasteiger partial charge in [0.25, 0.3) is 0 Å². The van der Waals surface area contributed by atoms with Crippen LogP contribution in [0, 0.1) is 19.8 Å². The Labute approximate surface area is 143 Å². The van der Waals surface area contributed by atoms with Crippen molar-refractivity contribution in [3.05, 3.63) is 29.3 Å². The van der Waals surface area contributed by atoms with Crippen molar-refractivity contribution in [1.82, 2.24) is 4.90 Å². The number of benzene rings is 1. The molecule has 3 rings (SSSR count). The highest BCUT2D eigenvalue weighted by molar-refractivity contribution is 5.96. The van der Waals surface area contributed by atoms with E-state index in [-0.39, 0.29) is 36.5 Å². The molecule has 130 valence electrons. The Balaban J connectivity index is 1.62. The SMILES string of the molecule is CCN(CC(=O)Nc1c(C)cccc1C)C(=O)[C@@H]1C[C@H]2CC[C@H]1O2. The number of likely N-dealkylation sites (N-methyl/N-ethyl adjacent to an activating group) is 1. The molecule has 5 nitrogen and oxygen atoms in total. The van der Waals surface area contributed by atoms with Crippen LogP contribution in [0.15, 0.2) is 18.2 Å². The van der Waals surface area contributed by atoms with E-state index in [9.17, 15) is 9.59 Å². The van der Waals surface area contributed by atoms with Crippen molar-refractivity contribution in [2.24, 2.45) is 5.92 Å². The number of rotatable bonds is 5. The van der Waals surface area contributed by atoms with E-state index in [0.717, 1.165) is 36.1 Å². The van der Waals surface area contributed by atoms with E-state index in [4.69, 9.17) is 4.74 Å². The molecule has 2 fully saturated rings. The summed E-state index contributed by atoms with van der Waals surface area (Å²) >= 11 is 0. The lowest BCUT2D eigenvalue weighted by Crippen LogP contribution is -2.43. The monoisotopic (exact) mass is 330 g/mol. The van der Waals surface area contributed by atoms with Gasteiger partial charge in [0.15, 0.2) is 0 Å². The number of nitrogens with one attached hydrogen (secondary N) is 1. The van der Waals surface area contributed by atoms with Gasteiger partial charge < -0.3 is 15.0 Å². The third-order valence-electron chi connectivity index (χ3n) is 5.20. The van der Waals surface area contributed by atoms with Crippen LogP contribution in [0.5, 0.6) is 0 Å². The molecule has 2 bridgehead atoms. The summed E-state index contributed by atoms with van der Waals surface area (Å²) in [5.41, 5.74) is 2.90. The van der Waals surface area contributed by atoms with Gasteiger partial charge in [-0.25, -0.2) is 0 Å². The molecule has 3 atom stereocenters. The number of hydrogen-bond donors (Lipinski definition) is 1. The zero-order valence-corrected chi connectivity index (χ0v) is 14.7. The molecule has 1 N–H and O–H groups in total. The van der Waals surface area contributed by atoms with Gasteiger partial charge in [-0.1, -0.05) is 18.2 Å². The lowest BCUT2D eigenvalue weighted by atomic mass is 9.88. The summed E-state index contributed by atoms with van der Waals surface area (Å²) in [5.74, 6) is -0.162. The van der Waals surface area contributed by atoms with Crippen LogP contribution < -0.4 is 5.32 Å². The standard InChI is InChI=1S/C19H26N2O3/c1-4-21(19(23)15-10-14-8-9-16(15)24-14)11-17(22)20-18-12(2)6-5-7-13(18)3/h5-7,14-16H,4,8-11H2,1-3H3,(H,20,22)/t14-,15-,16-/m1/s1. The predicted octanol–water partition coefficient (Wildman–Crippen LogP) is 2.66. The molecular formula is C19H26N2O3. The smallest absolute Gasteiger partial charge is 0.244 e. The van der Waals surface area contributed by atoms with Crippen molar-refractivity contribution >= 4 is 17.5 Å².